The molecule has 0 amide bonds. The Hall–Kier alpha value is -0.930. The smallest absolute Gasteiger partial charge is 0.143 e. The molecule has 0 aliphatic heterocycles. The van der Waals surface area contributed by atoms with Crippen LogP contribution in [0.1, 0.15) is 19.3 Å². The van der Waals surface area contributed by atoms with Crippen LogP contribution in [0.3, 0.4) is 0 Å². The number of rotatable bonds is 2. The summed E-state index contributed by atoms with van der Waals surface area (Å²) >= 11 is 0. The van der Waals surface area contributed by atoms with E-state index in [9.17, 15) is 19.1 Å². The molecule has 2 atom stereocenters. The largest absolute Gasteiger partial charge is 0.547 e. The van der Waals surface area contributed by atoms with Gasteiger partial charge in [0.2, 0.25) is 0 Å². The van der Waals surface area contributed by atoms with Crippen LogP contribution in [-0.4, -0.2) is 17.9 Å². The topological polar surface area (TPSA) is 57.2 Å². The lowest BCUT2D eigenvalue weighted by Gasteiger charge is -2.14. The van der Waals surface area contributed by atoms with Gasteiger partial charge in [0.1, 0.15) is 12.0 Å². The number of Topliss-reactive ketones (excluding diaryl/α,β-unsaturated/α-hetero) is 1. The van der Waals surface area contributed by atoms with E-state index < -0.39 is 18.1 Å². The molecule has 1 saturated carbocycles. The fourth-order valence-corrected chi connectivity index (χ4v) is 1.29. The Morgan fingerprint density at radius 2 is 2.36 bits per heavy atom. The van der Waals surface area contributed by atoms with E-state index in [4.69, 9.17) is 0 Å². The maximum atomic E-state index is 12.6. The zero-order chi connectivity index (χ0) is 8.43. The number of halogens is 1. The predicted molar refractivity (Wildman–Crippen MR) is 32.3 cm³/mol. The van der Waals surface area contributed by atoms with Gasteiger partial charge < -0.3 is 9.90 Å². The molecule has 62 valence electrons. The Labute approximate surface area is 63.2 Å². The van der Waals surface area contributed by atoms with E-state index in [1.54, 1.807) is 0 Å². The molecule has 0 aromatic rings. The van der Waals surface area contributed by atoms with Gasteiger partial charge in [-0.1, -0.05) is 0 Å². The van der Waals surface area contributed by atoms with E-state index in [2.05, 4.69) is 0 Å². The third-order valence-corrected chi connectivity index (χ3v) is 1.92. The first-order chi connectivity index (χ1) is 5.11. The molecule has 2 unspecified atom stereocenters. The van der Waals surface area contributed by atoms with Gasteiger partial charge in [0.25, 0.3) is 0 Å². The minimum Gasteiger partial charge on any atom is -0.547 e. The highest BCUT2D eigenvalue weighted by Crippen LogP contribution is 2.26. The first kappa shape index (κ1) is 8.17. The second-order valence-electron chi connectivity index (χ2n) is 2.76. The van der Waals surface area contributed by atoms with Crippen molar-refractivity contribution < 1.29 is 19.1 Å². The molecule has 0 heterocycles. The number of hydrogen-bond donors (Lipinski definition) is 0. The molecule has 1 aliphatic rings. The molecule has 1 aliphatic carbocycles. The van der Waals surface area contributed by atoms with Crippen molar-refractivity contribution in [2.45, 2.75) is 25.4 Å². The maximum absolute atomic E-state index is 12.6. The van der Waals surface area contributed by atoms with Gasteiger partial charge in [-0.05, 0) is 6.42 Å². The molecule has 1 rings (SSSR count). The molecule has 0 N–H and O–H groups in total. The monoisotopic (exact) mass is 159 g/mol. The van der Waals surface area contributed by atoms with Crippen LogP contribution >= 0.6 is 0 Å². The van der Waals surface area contributed by atoms with Gasteiger partial charge in [0.05, 0.1) is 5.97 Å². The van der Waals surface area contributed by atoms with Crippen LogP contribution in [0.2, 0.25) is 0 Å². The van der Waals surface area contributed by atoms with Gasteiger partial charge in [-0.2, -0.15) is 0 Å². The summed E-state index contributed by atoms with van der Waals surface area (Å²) in [7, 11) is 0. The van der Waals surface area contributed by atoms with Crippen molar-refractivity contribution in [1.29, 1.82) is 0 Å². The predicted octanol–water partition coefficient (Wildman–Crippen LogP) is -0.556. The number of hydrogen-bond acceptors (Lipinski definition) is 3. The van der Waals surface area contributed by atoms with Crippen LogP contribution < -0.4 is 5.11 Å². The van der Waals surface area contributed by atoms with Gasteiger partial charge in [-0.3, -0.25) is 4.79 Å². The van der Waals surface area contributed by atoms with E-state index in [1.807, 2.05) is 0 Å². The number of carboxylic acids is 1. The van der Waals surface area contributed by atoms with Crippen molar-refractivity contribution in [2.75, 3.05) is 0 Å². The molecule has 0 aromatic heterocycles. The van der Waals surface area contributed by atoms with Crippen molar-refractivity contribution in [3.8, 4) is 0 Å². The summed E-state index contributed by atoms with van der Waals surface area (Å²) in [6, 6.07) is 0. The highest BCUT2D eigenvalue weighted by molar-refractivity contribution is 5.82. The Morgan fingerprint density at radius 1 is 1.73 bits per heavy atom. The lowest BCUT2D eigenvalue weighted by atomic mass is 10.0. The molecular weight excluding hydrogens is 151 g/mol. The molecule has 0 saturated heterocycles. The summed E-state index contributed by atoms with van der Waals surface area (Å²) in [6.07, 6.45) is -1.27. The van der Waals surface area contributed by atoms with Gasteiger partial charge in [-0.25, -0.2) is 4.39 Å². The molecule has 3 nitrogen and oxygen atoms in total. The van der Waals surface area contributed by atoms with E-state index in [-0.39, 0.29) is 12.2 Å². The highest BCUT2D eigenvalue weighted by Gasteiger charge is 2.30. The normalized spacial score (nSPS) is 27.0. The summed E-state index contributed by atoms with van der Waals surface area (Å²) in [5.74, 6) is -2.41. The maximum Gasteiger partial charge on any atom is 0.143 e. The Kier molecular flexibility index (Phi) is 2.22. The van der Waals surface area contributed by atoms with Gasteiger partial charge in [0, 0.05) is 18.8 Å². The third-order valence-electron chi connectivity index (χ3n) is 1.92. The number of carbonyl (C=O) groups excluding carboxylic acids is 2. The van der Waals surface area contributed by atoms with Crippen LogP contribution in [0.25, 0.3) is 0 Å². The minimum atomic E-state index is -1.97. The highest BCUT2D eigenvalue weighted by atomic mass is 19.1. The first-order valence-electron chi connectivity index (χ1n) is 3.48. The molecule has 0 aromatic carbocycles. The van der Waals surface area contributed by atoms with Crippen molar-refractivity contribution in [3.05, 3.63) is 0 Å². The van der Waals surface area contributed by atoms with E-state index in [1.165, 1.54) is 0 Å². The lowest BCUT2D eigenvalue weighted by molar-refractivity contribution is -0.313. The fourth-order valence-electron chi connectivity index (χ4n) is 1.29. The van der Waals surface area contributed by atoms with Crippen molar-refractivity contribution in [2.24, 2.45) is 5.92 Å². The summed E-state index contributed by atoms with van der Waals surface area (Å²) in [4.78, 5) is 20.6. The Bertz CT molecular complexity index is 190. The zero-order valence-corrected chi connectivity index (χ0v) is 5.88. The van der Waals surface area contributed by atoms with Gasteiger partial charge in [0.15, 0.2) is 0 Å². The fraction of sp³-hybridized carbons (Fsp3) is 0.714. The zero-order valence-electron chi connectivity index (χ0n) is 5.88. The summed E-state index contributed by atoms with van der Waals surface area (Å²) < 4.78 is 12.6. The number of aliphatic carboxylic acids is 1. The van der Waals surface area contributed by atoms with E-state index in [0.717, 1.165) is 0 Å². The molecule has 0 spiro atoms. The molecule has 4 heteroatoms. The van der Waals surface area contributed by atoms with Gasteiger partial charge in [-0.15, -0.1) is 0 Å². The van der Waals surface area contributed by atoms with Crippen molar-refractivity contribution >= 4 is 11.8 Å². The molecule has 1 fully saturated rings. The molecule has 0 bridgehead atoms. The third kappa shape index (κ3) is 1.76. The van der Waals surface area contributed by atoms with Gasteiger partial charge >= 0.3 is 0 Å². The number of ketones is 1. The SMILES string of the molecule is O=C1CCC(C(F)C(=O)[O-])C1. The summed E-state index contributed by atoms with van der Waals surface area (Å²) in [5, 5.41) is 10.00. The van der Waals surface area contributed by atoms with Crippen LogP contribution in [0, 0.1) is 5.92 Å². The van der Waals surface area contributed by atoms with Crippen molar-refractivity contribution in [3.63, 3.8) is 0 Å². The average molecular weight is 159 g/mol. The summed E-state index contributed by atoms with van der Waals surface area (Å²) in [5.41, 5.74) is 0. The molecule has 11 heavy (non-hydrogen) atoms. The van der Waals surface area contributed by atoms with Crippen LogP contribution in [0.4, 0.5) is 4.39 Å². The first-order valence-corrected chi connectivity index (χ1v) is 3.48. The van der Waals surface area contributed by atoms with E-state index in [0.29, 0.717) is 12.8 Å². The average Bonchev–Trinajstić information content (AvgIpc) is 2.34. The van der Waals surface area contributed by atoms with Crippen LogP contribution in [0.15, 0.2) is 0 Å². The standard InChI is InChI=1S/C7H9FO3/c8-6(7(10)11)4-1-2-5(9)3-4/h4,6H,1-3H2,(H,10,11)/p-1. The Balaban J connectivity index is 2.49. The van der Waals surface area contributed by atoms with Crippen molar-refractivity contribution in [1.82, 2.24) is 0 Å². The Morgan fingerprint density at radius 3 is 2.73 bits per heavy atom. The molecular formula is C7H8FO3-. The lowest BCUT2D eigenvalue weighted by Crippen LogP contribution is -2.36. The van der Waals surface area contributed by atoms with E-state index >= 15 is 0 Å². The number of alkyl halides is 1. The second kappa shape index (κ2) is 2.98. The minimum absolute atomic E-state index is 0.0507. The quantitative estimate of drug-likeness (QED) is 0.542. The second-order valence-corrected chi connectivity index (χ2v) is 2.76. The number of carbonyl (C=O) groups is 2. The molecule has 0 radical (unpaired) electrons. The van der Waals surface area contributed by atoms with Crippen LogP contribution in [0.5, 0.6) is 0 Å². The van der Waals surface area contributed by atoms with Crippen LogP contribution in [-0.2, 0) is 9.59 Å². The summed E-state index contributed by atoms with van der Waals surface area (Å²) in [6.45, 7) is 0. The number of carboxylic acid groups (broad SMARTS) is 1.